The molecular formula is C21H27ClN2O3S. The van der Waals surface area contributed by atoms with Gasteiger partial charge in [-0.1, -0.05) is 41.4 Å². The number of anilines is 1. The first kappa shape index (κ1) is 22.2. The Bertz CT molecular complexity index is 944. The molecule has 1 N–H and O–H groups in total. The van der Waals surface area contributed by atoms with E-state index in [2.05, 4.69) is 11.4 Å². The van der Waals surface area contributed by atoms with Gasteiger partial charge in [-0.05, 0) is 56.5 Å². The minimum Gasteiger partial charge on any atom is -0.350 e. The number of carbonyl (C=O) groups excluding carboxylic acids is 1. The minimum atomic E-state index is -3.47. The molecule has 0 bridgehead atoms. The van der Waals surface area contributed by atoms with Crippen LogP contribution in [0.4, 0.5) is 5.69 Å². The van der Waals surface area contributed by atoms with E-state index in [-0.39, 0.29) is 24.9 Å². The Hall–Kier alpha value is -2.05. The maximum atomic E-state index is 12.3. The van der Waals surface area contributed by atoms with E-state index in [1.807, 2.05) is 32.9 Å². The van der Waals surface area contributed by atoms with Crippen molar-refractivity contribution in [1.29, 1.82) is 0 Å². The fourth-order valence-corrected chi connectivity index (χ4v) is 4.26. The molecule has 28 heavy (non-hydrogen) atoms. The van der Waals surface area contributed by atoms with Crippen molar-refractivity contribution in [2.75, 3.05) is 17.1 Å². The maximum absolute atomic E-state index is 12.3. The third-order valence-corrected chi connectivity index (χ3v) is 5.97. The molecule has 1 atom stereocenters. The van der Waals surface area contributed by atoms with Crippen LogP contribution < -0.4 is 9.62 Å². The van der Waals surface area contributed by atoms with Crippen molar-refractivity contribution in [3.63, 3.8) is 0 Å². The van der Waals surface area contributed by atoms with Crippen LogP contribution in [0.25, 0.3) is 0 Å². The lowest BCUT2D eigenvalue weighted by molar-refractivity contribution is -0.121. The van der Waals surface area contributed by atoms with Crippen LogP contribution in [0, 0.1) is 13.8 Å². The van der Waals surface area contributed by atoms with Gasteiger partial charge in [0.1, 0.15) is 0 Å². The van der Waals surface area contributed by atoms with E-state index < -0.39 is 10.0 Å². The summed E-state index contributed by atoms with van der Waals surface area (Å²) in [6.45, 7) is 6.21. The van der Waals surface area contributed by atoms with Gasteiger partial charge in [-0.25, -0.2) is 8.42 Å². The van der Waals surface area contributed by atoms with Gasteiger partial charge in [-0.2, -0.15) is 0 Å². The molecule has 0 spiro atoms. The van der Waals surface area contributed by atoms with Crippen LogP contribution in [-0.2, 0) is 14.8 Å². The smallest absolute Gasteiger partial charge is 0.232 e. The van der Waals surface area contributed by atoms with E-state index >= 15 is 0 Å². The molecular weight excluding hydrogens is 396 g/mol. The molecule has 7 heteroatoms. The largest absolute Gasteiger partial charge is 0.350 e. The van der Waals surface area contributed by atoms with Crippen molar-refractivity contribution < 1.29 is 13.2 Å². The second-order valence-electron chi connectivity index (χ2n) is 7.07. The maximum Gasteiger partial charge on any atom is 0.232 e. The van der Waals surface area contributed by atoms with Crippen molar-refractivity contribution in [3.8, 4) is 0 Å². The average molecular weight is 423 g/mol. The third kappa shape index (κ3) is 6.24. The summed E-state index contributed by atoms with van der Waals surface area (Å²) in [6.07, 6.45) is 1.79. The minimum absolute atomic E-state index is 0.104. The van der Waals surface area contributed by atoms with Crippen molar-refractivity contribution in [1.82, 2.24) is 5.32 Å². The molecule has 0 radical (unpaired) electrons. The lowest BCUT2D eigenvalue weighted by atomic mass is 10.00. The van der Waals surface area contributed by atoms with Crippen LogP contribution in [0.3, 0.4) is 0 Å². The second kappa shape index (κ2) is 9.43. The van der Waals surface area contributed by atoms with Gasteiger partial charge in [0.05, 0.1) is 18.0 Å². The number of hydrogen-bond donors (Lipinski definition) is 1. The van der Waals surface area contributed by atoms with Crippen LogP contribution in [0.5, 0.6) is 0 Å². The topological polar surface area (TPSA) is 66.5 Å². The molecule has 0 aromatic heterocycles. The van der Waals surface area contributed by atoms with Crippen molar-refractivity contribution in [3.05, 3.63) is 64.2 Å². The highest BCUT2D eigenvalue weighted by Crippen LogP contribution is 2.22. The normalized spacial score (nSPS) is 12.5. The van der Waals surface area contributed by atoms with E-state index in [1.54, 1.807) is 24.3 Å². The molecule has 5 nitrogen and oxygen atoms in total. The fraction of sp³-hybridized carbons (Fsp3) is 0.381. The number of nitrogens with zero attached hydrogens (tertiary/aromatic N) is 1. The fourth-order valence-electron chi connectivity index (χ4n) is 3.12. The Morgan fingerprint density at radius 2 is 1.89 bits per heavy atom. The molecule has 2 aromatic carbocycles. The van der Waals surface area contributed by atoms with E-state index in [9.17, 15) is 13.2 Å². The van der Waals surface area contributed by atoms with Crippen molar-refractivity contribution in [2.24, 2.45) is 0 Å². The summed E-state index contributed by atoms with van der Waals surface area (Å²) in [6, 6.07) is 12.7. The first-order valence-electron chi connectivity index (χ1n) is 9.17. The zero-order valence-electron chi connectivity index (χ0n) is 16.7. The Labute approximate surface area is 172 Å². The quantitative estimate of drug-likeness (QED) is 0.686. The highest BCUT2D eigenvalue weighted by molar-refractivity contribution is 7.92. The number of amides is 1. The number of halogens is 1. The predicted octanol–water partition coefficient (Wildman–Crippen LogP) is 4.38. The summed E-state index contributed by atoms with van der Waals surface area (Å²) in [4.78, 5) is 12.3. The van der Waals surface area contributed by atoms with Gasteiger partial charge in [0, 0.05) is 18.0 Å². The number of carbonyl (C=O) groups is 1. The van der Waals surface area contributed by atoms with E-state index in [1.165, 1.54) is 4.31 Å². The molecule has 152 valence electrons. The molecule has 0 aliphatic heterocycles. The lowest BCUT2D eigenvalue weighted by Crippen LogP contribution is -2.32. The van der Waals surface area contributed by atoms with Gasteiger partial charge in [0.15, 0.2) is 0 Å². The van der Waals surface area contributed by atoms with Crippen LogP contribution in [0.15, 0.2) is 42.5 Å². The van der Waals surface area contributed by atoms with Crippen LogP contribution >= 0.6 is 11.6 Å². The number of aryl methyl sites for hydroxylation is 2. The molecule has 2 aromatic rings. The molecule has 0 fully saturated rings. The Morgan fingerprint density at radius 3 is 2.54 bits per heavy atom. The van der Waals surface area contributed by atoms with Gasteiger partial charge in [-0.3, -0.25) is 9.10 Å². The Kier molecular flexibility index (Phi) is 7.49. The summed E-state index contributed by atoms with van der Waals surface area (Å²) < 4.78 is 25.5. The first-order valence-corrected chi connectivity index (χ1v) is 11.4. The van der Waals surface area contributed by atoms with Gasteiger partial charge in [-0.15, -0.1) is 0 Å². The molecule has 0 saturated heterocycles. The van der Waals surface area contributed by atoms with Gasteiger partial charge in [0.2, 0.25) is 15.9 Å². The number of sulfonamides is 1. The second-order valence-corrected chi connectivity index (χ2v) is 9.41. The highest BCUT2D eigenvalue weighted by atomic mass is 35.5. The van der Waals surface area contributed by atoms with Crippen LogP contribution in [-0.4, -0.2) is 27.1 Å². The van der Waals surface area contributed by atoms with Crippen LogP contribution in [0.2, 0.25) is 5.02 Å². The number of rotatable bonds is 8. The van der Waals surface area contributed by atoms with Crippen molar-refractivity contribution in [2.45, 2.75) is 39.7 Å². The molecule has 2 rings (SSSR count). The molecule has 1 amide bonds. The monoisotopic (exact) mass is 422 g/mol. The average Bonchev–Trinajstić information content (AvgIpc) is 2.59. The summed E-state index contributed by atoms with van der Waals surface area (Å²) >= 11 is 5.98. The molecule has 0 unspecified atom stereocenters. The number of hydrogen-bond acceptors (Lipinski definition) is 3. The number of nitrogens with one attached hydrogen (secondary N) is 1. The summed E-state index contributed by atoms with van der Waals surface area (Å²) in [5.41, 5.74) is 3.86. The molecule has 0 aliphatic carbocycles. The van der Waals surface area contributed by atoms with Crippen molar-refractivity contribution >= 4 is 33.2 Å². The van der Waals surface area contributed by atoms with Gasteiger partial charge < -0.3 is 5.32 Å². The first-order chi connectivity index (χ1) is 13.1. The highest BCUT2D eigenvalue weighted by Gasteiger charge is 2.18. The molecule has 0 aliphatic rings. The standard InChI is InChI=1S/C21H27ClN2O3S/c1-15-10-11-16(2)20(13-15)17(3)23-21(25)9-6-12-24(28(4,26)27)19-8-5-7-18(22)14-19/h5,7-8,10-11,13-14,17H,6,9,12H2,1-4H3,(H,23,25)/t17-/m0/s1. The zero-order valence-corrected chi connectivity index (χ0v) is 18.3. The van der Waals surface area contributed by atoms with Gasteiger partial charge >= 0.3 is 0 Å². The van der Waals surface area contributed by atoms with E-state index in [0.717, 1.165) is 22.9 Å². The molecule has 0 saturated carbocycles. The SMILES string of the molecule is Cc1ccc(C)c([C@H](C)NC(=O)CCCN(c2cccc(Cl)c2)S(C)(=O)=O)c1. The van der Waals surface area contributed by atoms with Crippen LogP contribution in [0.1, 0.15) is 42.5 Å². The van der Waals surface area contributed by atoms with E-state index in [4.69, 9.17) is 11.6 Å². The Balaban J connectivity index is 1.96. The zero-order chi connectivity index (χ0) is 20.9. The van der Waals surface area contributed by atoms with Gasteiger partial charge in [0.25, 0.3) is 0 Å². The predicted molar refractivity (Wildman–Crippen MR) is 115 cm³/mol. The van der Waals surface area contributed by atoms with E-state index in [0.29, 0.717) is 17.1 Å². The molecule has 0 heterocycles. The summed E-state index contributed by atoms with van der Waals surface area (Å²) in [5, 5.41) is 3.46. The number of benzene rings is 2. The summed E-state index contributed by atoms with van der Waals surface area (Å²) in [7, 11) is -3.47. The third-order valence-electron chi connectivity index (χ3n) is 4.54. The Morgan fingerprint density at radius 1 is 1.18 bits per heavy atom. The lowest BCUT2D eigenvalue weighted by Gasteiger charge is -2.23. The summed E-state index contributed by atoms with van der Waals surface area (Å²) in [5.74, 6) is -0.104.